The van der Waals surface area contributed by atoms with E-state index in [2.05, 4.69) is 26.3 Å². The van der Waals surface area contributed by atoms with Gasteiger partial charge in [0.25, 0.3) is 0 Å². The van der Waals surface area contributed by atoms with Gasteiger partial charge in [-0.25, -0.2) is 9.50 Å². The minimum atomic E-state index is 0.186. The van der Waals surface area contributed by atoms with Crippen LogP contribution in [0.15, 0.2) is 18.3 Å². The van der Waals surface area contributed by atoms with Crippen molar-refractivity contribution in [2.24, 2.45) is 0 Å². The quantitative estimate of drug-likeness (QED) is 0.785. The molecule has 7 nitrogen and oxygen atoms in total. The van der Waals surface area contributed by atoms with Crippen molar-refractivity contribution >= 4 is 11.6 Å². The Kier molecular flexibility index (Phi) is 4.22. The zero-order valence-corrected chi connectivity index (χ0v) is 15.5. The number of likely N-dealkylation sites (tertiary alicyclic amines) is 1. The van der Waals surface area contributed by atoms with Crippen LogP contribution in [0.2, 0.25) is 0 Å². The third kappa shape index (κ3) is 2.98. The maximum absolute atomic E-state index is 12.7. The summed E-state index contributed by atoms with van der Waals surface area (Å²) in [7, 11) is 0. The number of hydrogen-bond donors (Lipinski definition) is 1. The lowest BCUT2D eigenvalue weighted by molar-refractivity contribution is -0.131. The lowest BCUT2D eigenvalue weighted by Gasteiger charge is -2.32. The van der Waals surface area contributed by atoms with E-state index in [0.29, 0.717) is 12.3 Å². The molecule has 0 bridgehead atoms. The summed E-state index contributed by atoms with van der Waals surface area (Å²) < 4.78 is 1.95. The number of nitrogens with one attached hydrogen (secondary N) is 1. The van der Waals surface area contributed by atoms with Crippen molar-refractivity contribution in [1.29, 1.82) is 0 Å². The van der Waals surface area contributed by atoms with Crippen LogP contribution in [0.5, 0.6) is 0 Å². The highest BCUT2D eigenvalue weighted by Crippen LogP contribution is 2.28. The topological polar surface area (TPSA) is 79.2 Å². The molecular weight excluding hydrogens is 328 g/mol. The van der Waals surface area contributed by atoms with Gasteiger partial charge < -0.3 is 4.90 Å². The van der Waals surface area contributed by atoms with Gasteiger partial charge in [0.15, 0.2) is 5.65 Å². The maximum atomic E-state index is 12.7. The molecule has 3 aromatic rings. The zero-order valence-electron chi connectivity index (χ0n) is 15.5. The normalized spacial score (nSPS) is 15.7. The number of rotatable bonds is 3. The van der Waals surface area contributed by atoms with E-state index in [1.807, 2.05) is 42.4 Å². The second kappa shape index (κ2) is 6.55. The number of amides is 1. The smallest absolute Gasteiger partial charge is 0.227 e. The molecule has 1 aliphatic heterocycles. The highest BCUT2D eigenvalue weighted by atomic mass is 16.2. The van der Waals surface area contributed by atoms with Crippen molar-refractivity contribution in [3.8, 4) is 0 Å². The SMILES string of the molecule is Cc1cc2nccc(C3CCN(C(=O)Cc4c(C)n[nH]c4C)CC3)n2n1. The molecule has 3 aromatic heterocycles. The van der Waals surface area contributed by atoms with Gasteiger partial charge in [0, 0.05) is 48.2 Å². The lowest BCUT2D eigenvalue weighted by Crippen LogP contribution is -2.39. The number of carbonyl (C=O) groups excluding carboxylic acids is 1. The Morgan fingerprint density at radius 3 is 2.73 bits per heavy atom. The van der Waals surface area contributed by atoms with Gasteiger partial charge in [-0.05, 0) is 39.7 Å². The molecule has 7 heteroatoms. The van der Waals surface area contributed by atoms with E-state index in [0.717, 1.165) is 54.2 Å². The number of aryl methyl sites for hydroxylation is 3. The Bertz CT molecular complexity index is 929. The zero-order chi connectivity index (χ0) is 18.3. The van der Waals surface area contributed by atoms with Crippen molar-refractivity contribution < 1.29 is 4.79 Å². The molecule has 0 aromatic carbocycles. The molecule has 1 fully saturated rings. The molecule has 0 unspecified atom stereocenters. The molecule has 1 N–H and O–H groups in total. The molecule has 26 heavy (non-hydrogen) atoms. The molecule has 1 amide bonds. The number of aromatic amines is 1. The summed E-state index contributed by atoms with van der Waals surface area (Å²) in [6.45, 7) is 7.46. The number of piperidine rings is 1. The molecule has 4 rings (SSSR count). The summed E-state index contributed by atoms with van der Waals surface area (Å²) in [5, 5.41) is 11.7. The first-order valence-electron chi connectivity index (χ1n) is 9.12. The van der Waals surface area contributed by atoms with E-state index in [9.17, 15) is 4.79 Å². The van der Waals surface area contributed by atoms with Crippen LogP contribution in [0.4, 0.5) is 0 Å². The first-order valence-corrected chi connectivity index (χ1v) is 9.12. The fourth-order valence-corrected chi connectivity index (χ4v) is 3.86. The van der Waals surface area contributed by atoms with Crippen molar-refractivity contribution in [2.75, 3.05) is 13.1 Å². The number of nitrogens with zero attached hydrogens (tertiary/aromatic N) is 5. The Hall–Kier alpha value is -2.70. The van der Waals surface area contributed by atoms with Gasteiger partial charge in [0.1, 0.15) is 0 Å². The van der Waals surface area contributed by atoms with Gasteiger partial charge in [-0.2, -0.15) is 10.2 Å². The molecule has 0 radical (unpaired) electrons. The van der Waals surface area contributed by atoms with Crippen LogP contribution in [0.3, 0.4) is 0 Å². The standard InChI is InChI=1S/C19H24N6O/c1-12-10-18-20-7-4-17(25(18)23-12)15-5-8-24(9-6-15)19(26)11-16-13(2)21-22-14(16)3/h4,7,10,15H,5-6,8-9,11H2,1-3H3,(H,21,22). The Labute approximate surface area is 152 Å². The van der Waals surface area contributed by atoms with Gasteiger partial charge >= 0.3 is 0 Å². The number of carbonyl (C=O) groups is 1. The Morgan fingerprint density at radius 2 is 2.04 bits per heavy atom. The van der Waals surface area contributed by atoms with Crippen molar-refractivity contribution in [2.45, 2.75) is 46.0 Å². The van der Waals surface area contributed by atoms with E-state index >= 15 is 0 Å². The fraction of sp³-hybridized carbons (Fsp3) is 0.474. The minimum Gasteiger partial charge on any atom is -0.342 e. The molecule has 0 spiro atoms. The monoisotopic (exact) mass is 352 g/mol. The van der Waals surface area contributed by atoms with Crippen molar-refractivity contribution in [3.63, 3.8) is 0 Å². The van der Waals surface area contributed by atoms with E-state index < -0.39 is 0 Å². The van der Waals surface area contributed by atoms with Crippen LogP contribution in [-0.4, -0.2) is 48.7 Å². The van der Waals surface area contributed by atoms with Gasteiger partial charge in [0.2, 0.25) is 5.91 Å². The van der Waals surface area contributed by atoms with Crippen LogP contribution >= 0.6 is 0 Å². The third-order valence-electron chi connectivity index (χ3n) is 5.38. The van der Waals surface area contributed by atoms with Gasteiger partial charge in [-0.15, -0.1) is 0 Å². The molecule has 4 heterocycles. The Morgan fingerprint density at radius 1 is 1.27 bits per heavy atom. The average molecular weight is 352 g/mol. The summed E-state index contributed by atoms with van der Waals surface area (Å²) in [4.78, 5) is 19.1. The molecule has 0 atom stereocenters. The summed E-state index contributed by atoms with van der Waals surface area (Å²) in [5.74, 6) is 0.590. The second-order valence-corrected chi connectivity index (χ2v) is 7.17. The molecule has 0 aliphatic carbocycles. The number of hydrogen-bond acceptors (Lipinski definition) is 4. The lowest BCUT2D eigenvalue weighted by atomic mass is 9.93. The predicted molar refractivity (Wildman–Crippen MR) is 98.0 cm³/mol. The predicted octanol–water partition coefficient (Wildman–Crippen LogP) is 2.33. The van der Waals surface area contributed by atoms with E-state index in [-0.39, 0.29) is 5.91 Å². The maximum Gasteiger partial charge on any atom is 0.227 e. The summed E-state index contributed by atoms with van der Waals surface area (Å²) in [6.07, 6.45) is 4.19. The first-order chi connectivity index (χ1) is 12.5. The highest BCUT2D eigenvalue weighted by molar-refractivity contribution is 5.79. The molecule has 136 valence electrons. The third-order valence-corrected chi connectivity index (χ3v) is 5.38. The largest absolute Gasteiger partial charge is 0.342 e. The van der Waals surface area contributed by atoms with E-state index in [1.54, 1.807) is 0 Å². The van der Waals surface area contributed by atoms with Gasteiger partial charge in [-0.3, -0.25) is 9.89 Å². The van der Waals surface area contributed by atoms with Crippen LogP contribution in [0.1, 0.15) is 47.1 Å². The van der Waals surface area contributed by atoms with E-state index in [1.165, 1.54) is 5.69 Å². The van der Waals surface area contributed by atoms with Crippen LogP contribution in [0, 0.1) is 20.8 Å². The highest BCUT2D eigenvalue weighted by Gasteiger charge is 2.26. The van der Waals surface area contributed by atoms with Gasteiger partial charge in [0.05, 0.1) is 17.8 Å². The second-order valence-electron chi connectivity index (χ2n) is 7.17. The van der Waals surface area contributed by atoms with E-state index in [4.69, 9.17) is 0 Å². The van der Waals surface area contributed by atoms with Crippen LogP contribution < -0.4 is 0 Å². The van der Waals surface area contributed by atoms with Crippen LogP contribution in [-0.2, 0) is 11.2 Å². The summed E-state index contributed by atoms with van der Waals surface area (Å²) >= 11 is 0. The molecule has 1 saturated heterocycles. The summed E-state index contributed by atoms with van der Waals surface area (Å²) in [6, 6.07) is 4.05. The fourth-order valence-electron chi connectivity index (χ4n) is 3.86. The summed E-state index contributed by atoms with van der Waals surface area (Å²) in [5.41, 5.74) is 5.99. The minimum absolute atomic E-state index is 0.186. The number of aromatic nitrogens is 5. The molecule has 1 aliphatic rings. The van der Waals surface area contributed by atoms with Crippen LogP contribution in [0.25, 0.3) is 5.65 Å². The number of H-pyrrole nitrogens is 1. The first kappa shape index (κ1) is 16.8. The molecular formula is C19H24N6O. The molecule has 0 saturated carbocycles. The average Bonchev–Trinajstić information content (AvgIpc) is 3.17. The number of fused-ring (bicyclic) bond motifs is 1. The van der Waals surface area contributed by atoms with Crippen molar-refractivity contribution in [1.82, 2.24) is 29.7 Å². The Balaban J connectivity index is 1.44. The van der Waals surface area contributed by atoms with Crippen molar-refractivity contribution in [3.05, 3.63) is 46.7 Å². The van der Waals surface area contributed by atoms with Gasteiger partial charge in [-0.1, -0.05) is 0 Å².